The summed E-state index contributed by atoms with van der Waals surface area (Å²) < 4.78 is 0. The molecule has 138 valence electrons. The highest BCUT2D eigenvalue weighted by Crippen LogP contribution is 2.38. The first kappa shape index (κ1) is 21.0. The van der Waals surface area contributed by atoms with Crippen molar-refractivity contribution < 1.29 is 9.90 Å². The Labute approximate surface area is 149 Å². The Balaban J connectivity index is 2.26. The summed E-state index contributed by atoms with van der Waals surface area (Å²) in [6.07, 6.45) is 22.5. The van der Waals surface area contributed by atoms with Crippen molar-refractivity contribution in [1.82, 2.24) is 0 Å². The van der Waals surface area contributed by atoms with Crippen molar-refractivity contribution in [3.63, 3.8) is 0 Å². The Kier molecular flexibility index (Phi) is 11.6. The number of hydrogen-bond donors (Lipinski definition) is 1. The van der Waals surface area contributed by atoms with Crippen LogP contribution in [-0.2, 0) is 4.79 Å². The van der Waals surface area contributed by atoms with Crippen LogP contribution in [0.15, 0.2) is 23.8 Å². The molecule has 1 saturated carbocycles. The molecule has 0 aromatic carbocycles. The number of aliphatic carboxylic acids is 1. The van der Waals surface area contributed by atoms with Crippen LogP contribution in [0.2, 0.25) is 0 Å². The highest BCUT2D eigenvalue weighted by molar-refractivity contribution is 5.66. The SMILES string of the molecule is CCCCCCCC=C[C@H]1CCC[C@@H]1C(C)=CCCCCC(=O)O. The molecule has 0 aromatic heterocycles. The first-order valence-corrected chi connectivity index (χ1v) is 10.2. The normalized spacial score (nSPS) is 21.7. The maximum absolute atomic E-state index is 10.5. The summed E-state index contributed by atoms with van der Waals surface area (Å²) in [6, 6.07) is 0. The molecule has 1 fully saturated rings. The molecule has 1 aliphatic carbocycles. The van der Waals surface area contributed by atoms with E-state index in [-0.39, 0.29) is 0 Å². The van der Waals surface area contributed by atoms with E-state index in [1.807, 2.05) is 0 Å². The molecule has 2 nitrogen and oxygen atoms in total. The minimum absolute atomic E-state index is 0.305. The molecular weight excluding hydrogens is 296 g/mol. The van der Waals surface area contributed by atoms with E-state index in [0.29, 0.717) is 6.42 Å². The van der Waals surface area contributed by atoms with Gasteiger partial charge in [0.25, 0.3) is 0 Å². The van der Waals surface area contributed by atoms with Crippen molar-refractivity contribution in [3.8, 4) is 0 Å². The zero-order valence-electron chi connectivity index (χ0n) is 15.9. The van der Waals surface area contributed by atoms with Crippen LogP contribution in [0.25, 0.3) is 0 Å². The Bertz CT molecular complexity index is 395. The van der Waals surface area contributed by atoms with E-state index in [0.717, 1.165) is 31.1 Å². The molecule has 1 rings (SSSR count). The molecule has 0 aliphatic heterocycles. The van der Waals surface area contributed by atoms with Gasteiger partial charge in [0.2, 0.25) is 0 Å². The fourth-order valence-corrected chi connectivity index (χ4v) is 3.82. The zero-order chi connectivity index (χ0) is 17.6. The molecule has 0 bridgehead atoms. The van der Waals surface area contributed by atoms with Gasteiger partial charge in [-0.25, -0.2) is 0 Å². The van der Waals surface area contributed by atoms with Gasteiger partial charge >= 0.3 is 5.97 Å². The topological polar surface area (TPSA) is 37.3 Å². The smallest absolute Gasteiger partial charge is 0.303 e. The molecule has 0 unspecified atom stereocenters. The lowest BCUT2D eigenvalue weighted by Crippen LogP contribution is -2.06. The number of carboxylic acids is 1. The second-order valence-electron chi connectivity index (χ2n) is 7.42. The zero-order valence-corrected chi connectivity index (χ0v) is 15.9. The van der Waals surface area contributed by atoms with Gasteiger partial charge < -0.3 is 5.11 Å². The van der Waals surface area contributed by atoms with E-state index in [4.69, 9.17) is 5.11 Å². The predicted molar refractivity (Wildman–Crippen MR) is 103 cm³/mol. The largest absolute Gasteiger partial charge is 0.481 e. The van der Waals surface area contributed by atoms with Crippen molar-refractivity contribution >= 4 is 5.97 Å². The molecule has 1 aliphatic rings. The van der Waals surface area contributed by atoms with E-state index < -0.39 is 5.97 Å². The van der Waals surface area contributed by atoms with E-state index in [9.17, 15) is 4.79 Å². The van der Waals surface area contributed by atoms with E-state index in [1.54, 1.807) is 0 Å². The first-order chi connectivity index (χ1) is 11.6. The van der Waals surface area contributed by atoms with Gasteiger partial charge in [0.05, 0.1) is 0 Å². The fourth-order valence-electron chi connectivity index (χ4n) is 3.82. The van der Waals surface area contributed by atoms with Crippen molar-refractivity contribution in [2.45, 2.75) is 97.3 Å². The third-order valence-electron chi connectivity index (χ3n) is 5.32. The van der Waals surface area contributed by atoms with Gasteiger partial charge in [-0.1, -0.05) is 62.8 Å². The molecule has 2 heteroatoms. The lowest BCUT2D eigenvalue weighted by Gasteiger charge is -2.17. The van der Waals surface area contributed by atoms with E-state index >= 15 is 0 Å². The second-order valence-corrected chi connectivity index (χ2v) is 7.42. The van der Waals surface area contributed by atoms with Gasteiger partial charge in [0.1, 0.15) is 0 Å². The Morgan fingerprint density at radius 1 is 1.04 bits per heavy atom. The van der Waals surface area contributed by atoms with Gasteiger partial charge in [-0.2, -0.15) is 0 Å². The minimum Gasteiger partial charge on any atom is -0.481 e. The standard InChI is InChI=1S/C22H38O2/c1-3-4-5-6-7-8-11-15-20-16-13-17-21(20)19(2)14-10-9-12-18-22(23)24/h11,14-15,20-21H,3-10,12-13,16-18H2,1-2H3,(H,23,24)/t20-,21+/m0/s1. The van der Waals surface area contributed by atoms with Crippen molar-refractivity contribution in [3.05, 3.63) is 23.8 Å². The lowest BCUT2D eigenvalue weighted by atomic mass is 9.88. The summed E-state index contributed by atoms with van der Waals surface area (Å²) in [4.78, 5) is 10.5. The Hall–Kier alpha value is -1.05. The number of carbonyl (C=O) groups is 1. The predicted octanol–water partition coefficient (Wildman–Crippen LogP) is 6.91. The molecule has 0 saturated heterocycles. The summed E-state index contributed by atoms with van der Waals surface area (Å²) in [5.41, 5.74) is 1.53. The molecule has 0 heterocycles. The molecule has 0 aromatic rings. The third kappa shape index (κ3) is 9.30. The quantitative estimate of drug-likeness (QED) is 0.293. The van der Waals surface area contributed by atoms with Crippen molar-refractivity contribution in [1.29, 1.82) is 0 Å². The first-order valence-electron chi connectivity index (χ1n) is 10.2. The van der Waals surface area contributed by atoms with Gasteiger partial charge in [0, 0.05) is 6.42 Å². The van der Waals surface area contributed by atoms with Gasteiger partial charge in [-0.3, -0.25) is 4.79 Å². The summed E-state index contributed by atoms with van der Waals surface area (Å²) in [7, 11) is 0. The number of hydrogen-bond acceptors (Lipinski definition) is 1. The average molecular weight is 335 g/mol. The highest BCUT2D eigenvalue weighted by Gasteiger charge is 2.25. The molecule has 0 amide bonds. The summed E-state index contributed by atoms with van der Waals surface area (Å²) in [5, 5.41) is 8.67. The van der Waals surface area contributed by atoms with Crippen LogP contribution in [0, 0.1) is 11.8 Å². The molecule has 0 radical (unpaired) electrons. The maximum Gasteiger partial charge on any atom is 0.303 e. The van der Waals surface area contributed by atoms with Crippen LogP contribution in [0.1, 0.15) is 97.3 Å². The summed E-state index contributed by atoms with van der Waals surface area (Å²) >= 11 is 0. The van der Waals surface area contributed by atoms with Gasteiger partial charge in [-0.15, -0.1) is 0 Å². The Morgan fingerprint density at radius 3 is 2.54 bits per heavy atom. The molecule has 1 N–H and O–H groups in total. The van der Waals surface area contributed by atoms with Crippen LogP contribution in [0.3, 0.4) is 0 Å². The fraction of sp³-hybridized carbons (Fsp3) is 0.773. The van der Waals surface area contributed by atoms with Gasteiger partial charge in [-0.05, 0) is 63.7 Å². The molecule has 0 spiro atoms. The van der Waals surface area contributed by atoms with Crippen LogP contribution in [0.4, 0.5) is 0 Å². The van der Waals surface area contributed by atoms with Crippen molar-refractivity contribution in [2.75, 3.05) is 0 Å². The van der Waals surface area contributed by atoms with E-state index in [1.165, 1.54) is 63.4 Å². The van der Waals surface area contributed by atoms with E-state index in [2.05, 4.69) is 32.1 Å². The van der Waals surface area contributed by atoms with Crippen LogP contribution < -0.4 is 0 Å². The molecular formula is C22H38O2. The Morgan fingerprint density at radius 2 is 1.79 bits per heavy atom. The monoisotopic (exact) mass is 334 g/mol. The van der Waals surface area contributed by atoms with Crippen LogP contribution in [0.5, 0.6) is 0 Å². The van der Waals surface area contributed by atoms with Gasteiger partial charge in [0.15, 0.2) is 0 Å². The van der Waals surface area contributed by atoms with Crippen molar-refractivity contribution in [2.24, 2.45) is 11.8 Å². The van der Waals surface area contributed by atoms with Crippen LogP contribution >= 0.6 is 0 Å². The number of unbranched alkanes of at least 4 members (excludes halogenated alkanes) is 7. The minimum atomic E-state index is -0.675. The second kappa shape index (κ2) is 13.3. The average Bonchev–Trinajstić information content (AvgIpc) is 3.02. The number of rotatable bonds is 13. The number of allylic oxidation sites excluding steroid dienone is 4. The molecule has 2 atom stereocenters. The van der Waals surface area contributed by atoms with Crippen LogP contribution in [-0.4, -0.2) is 11.1 Å². The molecule has 24 heavy (non-hydrogen) atoms. The summed E-state index contributed by atoms with van der Waals surface area (Å²) in [5.74, 6) is 0.781. The number of carboxylic acid groups (broad SMARTS) is 1. The third-order valence-corrected chi connectivity index (χ3v) is 5.32. The highest BCUT2D eigenvalue weighted by atomic mass is 16.4. The summed E-state index contributed by atoms with van der Waals surface area (Å²) in [6.45, 7) is 4.54. The maximum atomic E-state index is 10.5. The lowest BCUT2D eigenvalue weighted by molar-refractivity contribution is -0.137.